The maximum atomic E-state index is 11.5. The maximum Gasteiger partial charge on any atom is 0.343 e. The van der Waals surface area contributed by atoms with Gasteiger partial charge in [0.05, 0.1) is 17.3 Å². The topological polar surface area (TPSA) is 61.4 Å². The van der Waals surface area contributed by atoms with Crippen LogP contribution in [0.3, 0.4) is 0 Å². The Kier molecular flexibility index (Phi) is 3.00. The van der Waals surface area contributed by atoms with E-state index in [-0.39, 0.29) is 12.5 Å². The molecule has 1 aromatic carbocycles. The summed E-state index contributed by atoms with van der Waals surface area (Å²) in [5.41, 5.74) is 3.03. The third kappa shape index (κ3) is 2.11. The van der Waals surface area contributed by atoms with E-state index in [1.54, 1.807) is 12.1 Å². The number of rotatable bonds is 1. The molecule has 0 aromatic heterocycles. The van der Waals surface area contributed by atoms with Gasteiger partial charge in [0.1, 0.15) is 0 Å². The van der Waals surface area contributed by atoms with Crippen LogP contribution in [0.5, 0.6) is 0 Å². The van der Waals surface area contributed by atoms with E-state index in [4.69, 9.17) is 23.2 Å². The second kappa shape index (κ2) is 4.29. The maximum absolute atomic E-state index is 11.5. The van der Waals surface area contributed by atoms with Crippen molar-refractivity contribution < 1.29 is 9.59 Å². The summed E-state index contributed by atoms with van der Waals surface area (Å²) in [6.45, 7) is 0.00851. The fourth-order valence-electron chi connectivity index (χ4n) is 1.29. The second-order valence-corrected chi connectivity index (χ2v) is 3.96. The molecule has 1 aliphatic rings. The molecule has 16 heavy (non-hydrogen) atoms. The summed E-state index contributed by atoms with van der Waals surface area (Å²) in [5.74, 6) is -0.389. The van der Waals surface area contributed by atoms with Crippen molar-refractivity contribution in [3.63, 3.8) is 0 Å². The van der Waals surface area contributed by atoms with Gasteiger partial charge in [-0.25, -0.2) is 15.2 Å². The molecule has 0 radical (unpaired) electrons. The first-order chi connectivity index (χ1) is 7.58. The molecule has 5 nitrogen and oxygen atoms in total. The summed E-state index contributed by atoms with van der Waals surface area (Å²) < 4.78 is 0. The van der Waals surface area contributed by atoms with Crippen LogP contribution in [0, 0.1) is 0 Å². The van der Waals surface area contributed by atoms with Crippen molar-refractivity contribution in [1.29, 1.82) is 0 Å². The van der Waals surface area contributed by atoms with E-state index in [1.807, 2.05) is 0 Å². The zero-order valence-electron chi connectivity index (χ0n) is 7.96. The minimum absolute atomic E-state index is 0.00851. The largest absolute Gasteiger partial charge is 0.343 e. The lowest BCUT2D eigenvalue weighted by molar-refractivity contribution is -0.119. The molecule has 7 heteroatoms. The minimum Gasteiger partial charge on any atom is -0.275 e. The quantitative estimate of drug-likeness (QED) is 0.805. The zero-order valence-corrected chi connectivity index (χ0v) is 9.47. The number of carbonyl (C=O) groups excluding carboxylic acids is 2. The van der Waals surface area contributed by atoms with Gasteiger partial charge >= 0.3 is 6.03 Å². The van der Waals surface area contributed by atoms with Crippen LogP contribution in [0.25, 0.3) is 0 Å². The number of benzene rings is 1. The molecule has 0 atom stereocenters. The number of amides is 3. The predicted molar refractivity (Wildman–Crippen MR) is 60.5 cm³/mol. The number of nitrogens with zero attached hydrogens (tertiary/aromatic N) is 1. The molecule has 0 unspecified atom stereocenters. The Morgan fingerprint density at radius 3 is 2.69 bits per heavy atom. The van der Waals surface area contributed by atoms with E-state index in [1.165, 1.54) is 6.07 Å². The van der Waals surface area contributed by atoms with Gasteiger partial charge in [0, 0.05) is 5.02 Å². The Hall–Kier alpha value is -1.30. The molecular formula is C9H7Cl2N3O2. The number of halogens is 2. The van der Waals surface area contributed by atoms with Gasteiger partial charge in [-0.1, -0.05) is 23.2 Å². The Morgan fingerprint density at radius 2 is 2.00 bits per heavy atom. The smallest absolute Gasteiger partial charge is 0.275 e. The molecule has 0 aliphatic carbocycles. The van der Waals surface area contributed by atoms with Crippen molar-refractivity contribution >= 4 is 40.8 Å². The fourth-order valence-corrected chi connectivity index (χ4v) is 1.66. The summed E-state index contributed by atoms with van der Waals surface area (Å²) in [7, 11) is 0. The Bertz CT molecular complexity index is 464. The van der Waals surface area contributed by atoms with Gasteiger partial charge in [-0.3, -0.25) is 10.1 Å². The molecular weight excluding hydrogens is 253 g/mol. The molecule has 1 aliphatic heterocycles. The molecule has 1 fully saturated rings. The van der Waals surface area contributed by atoms with Gasteiger partial charge in [-0.2, -0.15) is 0 Å². The molecule has 0 saturated carbocycles. The van der Waals surface area contributed by atoms with Crippen molar-refractivity contribution in [1.82, 2.24) is 10.7 Å². The molecule has 0 spiro atoms. The standard InChI is InChI=1S/C9H7Cl2N3O2/c10-5-1-2-6(11)7(3-5)14-9(16)13-8(15)4-12-14/h1-3,12H,4H2,(H,13,15,16). The fraction of sp³-hybridized carbons (Fsp3) is 0.111. The normalized spacial score (nSPS) is 16.2. The van der Waals surface area contributed by atoms with Crippen molar-refractivity contribution in [3.8, 4) is 0 Å². The minimum atomic E-state index is -0.583. The number of anilines is 1. The van der Waals surface area contributed by atoms with E-state index in [0.29, 0.717) is 15.7 Å². The SMILES string of the molecule is O=C1CNN(c2cc(Cl)ccc2Cl)C(=O)N1. The molecule has 1 heterocycles. The first kappa shape index (κ1) is 11.2. The Labute approximate surface area is 101 Å². The molecule has 1 aromatic rings. The highest BCUT2D eigenvalue weighted by molar-refractivity contribution is 6.35. The predicted octanol–water partition coefficient (Wildman–Crippen LogP) is 1.55. The van der Waals surface area contributed by atoms with Crippen molar-refractivity contribution in [2.75, 3.05) is 11.6 Å². The first-order valence-corrected chi connectivity index (χ1v) is 5.16. The van der Waals surface area contributed by atoms with Crippen LogP contribution in [-0.2, 0) is 4.79 Å². The molecule has 2 N–H and O–H groups in total. The van der Waals surface area contributed by atoms with Crippen LogP contribution in [0.1, 0.15) is 0 Å². The summed E-state index contributed by atoms with van der Waals surface area (Å²) >= 11 is 11.7. The lowest BCUT2D eigenvalue weighted by atomic mass is 10.3. The van der Waals surface area contributed by atoms with E-state index in [0.717, 1.165) is 5.01 Å². The lowest BCUT2D eigenvalue weighted by Gasteiger charge is -2.27. The molecule has 3 amide bonds. The van der Waals surface area contributed by atoms with Crippen LogP contribution in [0.2, 0.25) is 10.0 Å². The highest BCUT2D eigenvalue weighted by Crippen LogP contribution is 2.28. The number of urea groups is 1. The van der Waals surface area contributed by atoms with Crippen LogP contribution < -0.4 is 15.8 Å². The average Bonchev–Trinajstić information content (AvgIpc) is 2.22. The number of hydrazine groups is 1. The molecule has 84 valence electrons. The number of nitrogens with one attached hydrogen (secondary N) is 2. The summed E-state index contributed by atoms with van der Waals surface area (Å²) in [4.78, 5) is 22.4. The third-order valence-electron chi connectivity index (χ3n) is 2.00. The summed E-state index contributed by atoms with van der Waals surface area (Å²) in [6, 6.07) is 4.14. The van der Waals surface area contributed by atoms with Gasteiger partial charge in [0.25, 0.3) is 0 Å². The van der Waals surface area contributed by atoms with Gasteiger partial charge in [0.15, 0.2) is 0 Å². The van der Waals surface area contributed by atoms with Crippen molar-refractivity contribution in [2.24, 2.45) is 0 Å². The van der Waals surface area contributed by atoms with E-state index in [9.17, 15) is 9.59 Å². The summed E-state index contributed by atoms with van der Waals surface area (Å²) in [6.07, 6.45) is 0. The Morgan fingerprint density at radius 1 is 1.25 bits per heavy atom. The molecule has 2 rings (SSSR count). The third-order valence-corrected chi connectivity index (χ3v) is 2.55. The summed E-state index contributed by atoms with van der Waals surface area (Å²) in [5, 5.41) is 4.12. The molecule has 1 saturated heterocycles. The second-order valence-electron chi connectivity index (χ2n) is 3.12. The van der Waals surface area contributed by atoms with Gasteiger partial charge in [-0.15, -0.1) is 0 Å². The van der Waals surface area contributed by atoms with Crippen molar-refractivity contribution in [3.05, 3.63) is 28.2 Å². The Balaban J connectivity index is 2.33. The van der Waals surface area contributed by atoms with Crippen LogP contribution in [0.4, 0.5) is 10.5 Å². The lowest BCUT2D eigenvalue weighted by Crippen LogP contribution is -2.59. The van der Waals surface area contributed by atoms with Crippen LogP contribution in [-0.4, -0.2) is 18.5 Å². The van der Waals surface area contributed by atoms with E-state index in [2.05, 4.69) is 10.7 Å². The van der Waals surface area contributed by atoms with E-state index < -0.39 is 6.03 Å². The van der Waals surface area contributed by atoms with Gasteiger partial charge < -0.3 is 0 Å². The molecule has 0 bridgehead atoms. The van der Waals surface area contributed by atoms with E-state index >= 15 is 0 Å². The average molecular weight is 260 g/mol. The number of imide groups is 1. The first-order valence-electron chi connectivity index (χ1n) is 4.40. The van der Waals surface area contributed by atoms with Crippen molar-refractivity contribution in [2.45, 2.75) is 0 Å². The number of carbonyl (C=O) groups is 2. The number of hydrogen-bond donors (Lipinski definition) is 2. The van der Waals surface area contributed by atoms with Crippen LogP contribution >= 0.6 is 23.2 Å². The van der Waals surface area contributed by atoms with Gasteiger partial charge in [-0.05, 0) is 18.2 Å². The highest BCUT2D eigenvalue weighted by Gasteiger charge is 2.25. The highest BCUT2D eigenvalue weighted by atomic mass is 35.5. The monoisotopic (exact) mass is 259 g/mol. The van der Waals surface area contributed by atoms with Gasteiger partial charge in [0.2, 0.25) is 5.91 Å². The number of hydrogen-bond acceptors (Lipinski definition) is 3. The zero-order chi connectivity index (χ0) is 11.7. The van der Waals surface area contributed by atoms with Crippen LogP contribution in [0.15, 0.2) is 18.2 Å².